The molecule has 2 heterocycles. The number of halogens is 1. The number of carbonyl (C=O) groups is 3. The lowest BCUT2D eigenvalue weighted by atomic mass is 10.1. The van der Waals surface area contributed by atoms with Crippen LogP contribution in [0.4, 0.5) is 10.5 Å². The molecule has 2 aromatic carbocycles. The van der Waals surface area contributed by atoms with Crippen LogP contribution >= 0.6 is 11.6 Å². The number of benzene rings is 2. The number of anilines is 1. The highest BCUT2D eigenvalue weighted by Gasteiger charge is 2.37. The van der Waals surface area contributed by atoms with Crippen molar-refractivity contribution in [3.8, 4) is 17.2 Å². The molecule has 9 heteroatoms. The van der Waals surface area contributed by atoms with Crippen LogP contribution in [0.15, 0.2) is 54.1 Å². The number of nitrogens with one attached hydrogen (secondary N) is 1. The summed E-state index contributed by atoms with van der Waals surface area (Å²) in [4.78, 5) is 39.3. The molecule has 174 valence electrons. The molecule has 1 aliphatic heterocycles. The summed E-state index contributed by atoms with van der Waals surface area (Å²) >= 11 is 6.17. The molecule has 1 aliphatic rings. The smallest absolute Gasteiger partial charge is 0.335 e. The molecule has 0 aliphatic carbocycles. The summed E-state index contributed by atoms with van der Waals surface area (Å²) in [6.07, 6.45) is 1.48. The van der Waals surface area contributed by atoms with Crippen LogP contribution in [0.1, 0.15) is 17.0 Å². The molecule has 8 nitrogen and oxygen atoms in total. The molecule has 0 bridgehead atoms. The quantitative estimate of drug-likeness (QED) is 0.432. The van der Waals surface area contributed by atoms with Gasteiger partial charge in [0.1, 0.15) is 17.1 Å². The molecule has 0 atom stereocenters. The lowest BCUT2D eigenvalue weighted by Gasteiger charge is -2.26. The van der Waals surface area contributed by atoms with E-state index in [1.807, 2.05) is 48.7 Å². The first-order valence-electron chi connectivity index (χ1n) is 10.3. The Balaban J connectivity index is 1.77. The molecule has 1 N–H and O–H groups in total. The Kier molecular flexibility index (Phi) is 6.17. The van der Waals surface area contributed by atoms with Crippen molar-refractivity contribution in [3.63, 3.8) is 0 Å². The van der Waals surface area contributed by atoms with Crippen LogP contribution < -0.4 is 19.7 Å². The number of aromatic nitrogens is 1. The number of amides is 4. The highest BCUT2D eigenvalue weighted by molar-refractivity contribution is 6.39. The molecule has 1 fully saturated rings. The number of aryl methyl sites for hydroxylation is 1. The predicted molar refractivity (Wildman–Crippen MR) is 129 cm³/mol. The van der Waals surface area contributed by atoms with Gasteiger partial charge in [-0.3, -0.25) is 14.9 Å². The fourth-order valence-electron chi connectivity index (χ4n) is 3.96. The second-order valence-corrected chi connectivity index (χ2v) is 8.02. The number of methoxy groups -OCH3 is 2. The van der Waals surface area contributed by atoms with Crippen molar-refractivity contribution in [3.05, 3.63) is 76.1 Å². The second-order valence-electron chi connectivity index (χ2n) is 7.61. The normalized spacial score (nSPS) is 15.0. The first-order chi connectivity index (χ1) is 16.3. The minimum Gasteiger partial charge on any atom is -0.495 e. The third kappa shape index (κ3) is 3.92. The average molecular weight is 480 g/mol. The summed E-state index contributed by atoms with van der Waals surface area (Å²) in [5.74, 6) is -0.445. The Hall–Kier alpha value is -4.04. The van der Waals surface area contributed by atoms with Gasteiger partial charge in [0.25, 0.3) is 11.8 Å². The summed E-state index contributed by atoms with van der Waals surface area (Å²) < 4.78 is 12.6. The van der Waals surface area contributed by atoms with E-state index in [9.17, 15) is 14.4 Å². The minimum absolute atomic E-state index is 0.174. The number of imide groups is 2. The number of nitrogens with zero attached hydrogens (tertiary/aromatic N) is 2. The van der Waals surface area contributed by atoms with Gasteiger partial charge >= 0.3 is 6.03 Å². The topological polar surface area (TPSA) is 89.9 Å². The maximum Gasteiger partial charge on any atom is 0.335 e. The Morgan fingerprint density at radius 3 is 2.32 bits per heavy atom. The minimum atomic E-state index is -0.854. The molecule has 1 saturated heterocycles. The SMILES string of the molecule is COc1ccc(N2C(=O)NC(=O)C(=Cc3cc(C)n(-c4ccccc4OC)c3C)C2=O)cc1Cl. The van der Waals surface area contributed by atoms with Gasteiger partial charge in [0.15, 0.2) is 0 Å². The van der Waals surface area contributed by atoms with Gasteiger partial charge in [0, 0.05) is 11.4 Å². The Bertz CT molecular complexity index is 1360. The number of hydrogen-bond acceptors (Lipinski definition) is 5. The number of para-hydroxylation sites is 2. The molecular weight excluding hydrogens is 458 g/mol. The van der Waals surface area contributed by atoms with E-state index in [4.69, 9.17) is 21.1 Å². The van der Waals surface area contributed by atoms with Gasteiger partial charge in [-0.25, -0.2) is 9.69 Å². The second kappa shape index (κ2) is 9.07. The van der Waals surface area contributed by atoms with Gasteiger partial charge in [0.2, 0.25) is 0 Å². The molecule has 4 amide bonds. The maximum atomic E-state index is 13.3. The van der Waals surface area contributed by atoms with Crippen LogP contribution in [0.3, 0.4) is 0 Å². The van der Waals surface area contributed by atoms with E-state index in [1.54, 1.807) is 13.2 Å². The predicted octanol–water partition coefficient (Wildman–Crippen LogP) is 4.43. The van der Waals surface area contributed by atoms with E-state index >= 15 is 0 Å². The number of ether oxygens (including phenoxy) is 2. The van der Waals surface area contributed by atoms with E-state index in [-0.39, 0.29) is 16.3 Å². The van der Waals surface area contributed by atoms with E-state index in [0.717, 1.165) is 22.0 Å². The summed E-state index contributed by atoms with van der Waals surface area (Å²) in [5, 5.41) is 2.45. The number of carbonyl (C=O) groups excluding carboxylic acids is 3. The van der Waals surface area contributed by atoms with Crippen molar-refractivity contribution in [1.29, 1.82) is 0 Å². The van der Waals surface area contributed by atoms with Crippen molar-refractivity contribution in [2.24, 2.45) is 0 Å². The highest BCUT2D eigenvalue weighted by Crippen LogP contribution is 2.32. The fourth-order valence-corrected chi connectivity index (χ4v) is 4.21. The summed E-state index contributed by atoms with van der Waals surface area (Å²) in [5.41, 5.74) is 3.20. The lowest BCUT2D eigenvalue weighted by Crippen LogP contribution is -2.54. The van der Waals surface area contributed by atoms with Gasteiger partial charge in [-0.1, -0.05) is 23.7 Å². The summed E-state index contributed by atoms with van der Waals surface area (Å²) in [7, 11) is 3.05. The molecule has 34 heavy (non-hydrogen) atoms. The first-order valence-corrected chi connectivity index (χ1v) is 10.7. The Morgan fingerprint density at radius 1 is 0.941 bits per heavy atom. The zero-order valence-electron chi connectivity index (χ0n) is 19.0. The molecule has 1 aromatic heterocycles. The van der Waals surface area contributed by atoms with Crippen LogP contribution in [0.2, 0.25) is 5.02 Å². The van der Waals surface area contributed by atoms with Crippen molar-refractivity contribution in [2.75, 3.05) is 19.1 Å². The Labute approximate surface area is 201 Å². The van der Waals surface area contributed by atoms with Crippen LogP contribution in [0.25, 0.3) is 11.8 Å². The van der Waals surface area contributed by atoms with Crippen LogP contribution in [-0.2, 0) is 9.59 Å². The van der Waals surface area contributed by atoms with Crippen molar-refractivity contribution in [1.82, 2.24) is 9.88 Å². The molecule has 0 saturated carbocycles. The van der Waals surface area contributed by atoms with Crippen molar-refractivity contribution < 1.29 is 23.9 Å². The van der Waals surface area contributed by atoms with E-state index < -0.39 is 17.8 Å². The molecule has 3 aromatic rings. The fraction of sp³-hybridized carbons (Fsp3) is 0.160. The van der Waals surface area contributed by atoms with Crippen molar-refractivity contribution >= 4 is 41.2 Å². The Morgan fingerprint density at radius 2 is 1.65 bits per heavy atom. The largest absolute Gasteiger partial charge is 0.495 e. The molecular formula is C25H22ClN3O5. The highest BCUT2D eigenvalue weighted by atomic mass is 35.5. The van der Waals surface area contributed by atoms with Gasteiger partial charge in [-0.15, -0.1) is 0 Å². The van der Waals surface area contributed by atoms with Crippen LogP contribution in [-0.4, -0.2) is 36.6 Å². The van der Waals surface area contributed by atoms with Crippen LogP contribution in [0, 0.1) is 13.8 Å². The van der Waals surface area contributed by atoms with Gasteiger partial charge in [-0.05, 0) is 61.9 Å². The number of barbiturate groups is 1. The van der Waals surface area contributed by atoms with E-state index in [0.29, 0.717) is 17.1 Å². The monoisotopic (exact) mass is 479 g/mol. The third-order valence-corrected chi connectivity index (χ3v) is 5.89. The average Bonchev–Trinajstić information content (AvgIpc) is 3.09. The first kappa shape index (κ1) is 23.1. The number of urea groups is 1. The molecule has 4 rings (SSSR count). The van der Waals surface area contributed by atoms with Gasteiger partial charge in [-0.2, -0.15) is 0 Å². The summed E-state index contributed by atoms with van der Waals surface area (Å²) in [6.45, 7) is 3.79. The zero-order chi connectivity index (χ0) is 24.6. The molecule has 0 unspecified atom stereocenters. The maximum absolute atomic E-state index is 13.3. The van der Waals surface area contributed by atoms with Gasteiger partial charge in [0.05, 0.1) is 30.6 Å². The number of rotatable bonds is 5. The molecule has 0 radical (unpaired) electrons. The standard InChI is InChI=1S/C25H22ClN3O5/c1-14-11-16(15(2)28(14)20-7-5-6-8-22(20)34-4)12-18-23(30)27-25(32)29(24(18)31)17-9-10-21(33-3)19(26)13-17/h5-13H,1-4H3,(H,27,30,32). The summed E-state index contributed by atoms with van der Waals surface area (Å²) in [6, 6.07) is 13.0. The van der Waals surface area contributed by atoms with Gasteiger partial charge < -0.3 is 14.0 Å². The van der Waals surface area contributed by atoms with E-state index in [1.165, 1.54) is 25.3 Å². The van der Waals surface area contributed by atoms with E-state index in [2.05, 4.69) is 5.32 Å². The van der Waals surface area contributed by atoms with Crippen LogP contribution in [0.5, 0.6) is 11.5 Å². The van der Waals surface area contributed by atoms with Crippen molar-refractivity contribution in [2.45, 2.75) is 13.8 Å². The number of hydrogen-bond donors (Lipinski definition) is 1. The molecule has 0 spiro atoms. The third-order valence-electron chi connectivity index (χ3n) is 5.59. The lowest BCUT2D eigenvalue weighted by molar-refractivity contribution is -0.122. The zero-order valence-corrected chi connectivity index (χ0v) is 19.8.